The molecule has 4 nitrogen and oxygen atoms in total. The van der Waals surface area contributed by atoms with E-state index >= 15 is 0 Å². The smallest absolute Gasteiger partial charge is 0.254 e. The fraction of sp³-hybridized carbons (Fsp3) is 0.200. The normalized spacial score (nSPS) is 11.9. The molecule has 1 unspecified atom stereocenters. The number of hydrogen-bond acceptors (Lipinski definition) is 3. The molecular weight excluding hydrogens is 238 g/mol. The van der Waals surface area contributed by atoms with E-state index in [9.17, 15) is 4.79 Å². The summed E-state index contributed by atoms with van der Waals surface area (Å²) in [5, 5.41) is 2.95. The van der Waals surface area contributed by atoms with Crippen LogP contribution < -0.4 is 11.1 Å². The first-order valence-corrected chi connectivity index (χ1v) is 6.15. The van der Waals surface area contributed by atoms with Gasteiger partial charge in [-0.2, -0.15) is 0 Å². The van der Waals surface area contributed by atoms with E-state index in [2.05, 4.69) is 10.3 Å². The molecule has 0 aliphatic rings. The van der Waals surface area contributed by atoms with Gasteiger partial charge in [-0.1, -0.05) is 12.1 Å². The zero-order valence-electron chi connectivity index (χ0n) is 11.1. The highest BCUT2D eigenvalue weighted by Gasteiger charge is 2.15. The first-order chi connectivity index (χ1) is 9.09. The van der Waals surface area contributed by atoms with Gasteiger partial charge in [0.25, 0.3) is 5.91 Å². The fourth-order valence-corrected chi connectivity index (χ4v) is 2.00. The SMILES string of the molecule is Cc1cccc(N)c1C(=O)NC(C)c1ccncc1. The third kappa shape index (κ3) is 2.91. The minimum Gasteiger partial charge on any atom is -0.398 e. The molecule has 0 spiro atoms. The number of pyridine rings is 1. The number of amides is 1. The summed E-state index contributed by atoms with van der Waals surface area (Å²) in [6.07, 6.45) is 3.42. The number of benzene rings is 1. The maximum absolute atomic E-state index is 12.3. The van der Waals surface area contributed by atoms with Gasteiger partial charge in [0, 0.05) is 18.1 Å². The van der Waals surface area contributed by atoms with Crippen LogP contribution in [0.1, 0.15) is 34.5 Å². The van der Waals surface area contributed by atoms with Gasteiger partial charge in [-0.15, -0.1) is 0 Å². The molecule has 1 atom stereocenters. The zero-order valence-corrected chi connectivity index (χ0v) is 11.1. The molecule has 4 heteroatoms. The lowest BCUT2D eigenvalue weighted by atomic mass is 10.0. The lowest BCUT2D eigenvalue weighted by molar-refractivity contribution is 0.0940. The second-order valence-corrected chi connectivity index (χ2v) is 4.51. The molecule has 1 aromatic heterocycles. The number of aryl methyl sites for hydroxylation is 1. The summed E-state index contributed by atoms with van der Waals surface area (Å²) in [4.78, 5) is 16.2. The molecule has 0 aliphatic carbocycles. The van der Waals surface area contributed by atoms with Crippen molar-refractivity contribution >= 4 is 11.6 Å². The summed E-state index contributed by atoms with van der Waals surface area (Å²) in [7, 11) is 0. The minimum atomic E-state index is -0.153. The fourth-order valence-electron chi connectivity index (χ4n) is 2.00. The minimum absolute atomic E-state index is 0.0884. The molecule has 1 heterocycles. The highest BCUT2D eigenvalue weighted by atomic mass is 16.1. The molecule has 0 saturated heterocycles. The van der Waals surface area contributed by atoms with Crippen LogP contribution in [0.3, 0.4) is 0 Å². The second kappa shape index (κ2) is 5.52. The molecule has 3 N–H and O–H groups in total. The quantitative estimate of drug-likeness (QED) is 0.828. The van der Waals surface area contributed by atoms with Gasteiger partial charge < -0.3 is 11.1 Å². The zero-order chi connectivity index (χ0) is 13.8. The Labute approximate surface area is 112 Å². The number of nitrogens with one attached hydrogen (secondary N) is 1. The molecule has 2 rings (SSSR count). The standard InChI is InChI=1S/C15H17N3O/c1-10-4-3-5-13(16)14(10)15(19)18-11(2)12-6-8-17-9-7-12/h3-9,11H,16H2,1-2H3,(H,18,19). The van der Waals surface area contributed by atoms with Crippen molar-refractivity contribution in [1.82, 2.24) is 10.3 Å². The van der Waals surface area contributed by atoms with E-state index in [0.29, 0.717) is 11.3 Å². The summed E-state index contributed by atoms with van der Waals surface area (Å²) >= 11 is 0. The molecular formula is C15H17N3O. The van der Waals surface area contributed by atoms with Gasteiger partial charge in [0.1, 0.15) is 0 Å². The maximum atomic E-state index is 12.3. The number of anilines is 1. The Morgan fingerprint density at radius 1 is 1.26 bits per heavy atom. The number of rotatable bonds is 3. The first kappa shape index (κ1) is 13.1. The Kier molecular flexibility index (Phi) is 3.80. The van der Waals surface area contributed by atoms with Gasteiger partial charge in [-0.05, 0) is 43.2 Å². The van der Waals surface area contributed by atoms with E-state index in [0.717, 1.165) is 11.1 Å². The molecule has 0 bridgehead atoms. The molecule has 0 aliphatic heterocycles. The van der Waals surface area contributed by atoms with Crippen LogP contribution in [0.2, 0.25) is 0 Å². The largest absolute Gasteiger partial charge is 0.398 e. The van der Waals surface area contributed by atoms with Gasteiger partial charge in [-0.25, -0.2) is 0 Å². The lowest BCUT2D eigenvalue weighted by Crippen LogP contribution is -2.28. The Hall–Kier alpha value is -2.36. The van der Waals surface area contributed by atoms with Crippen molar-refractivity contribution in [2.45, 2.75) is 19.9 Å². The Morgan fingerprint density at radius 3 is 2.58 bits per heavy atom. The summed E-state index contributed by atoms with van der Waals surface area (Å²) in [6, 6.07) is 9.13. The number of nitrogens with two attached hydrogens (primary N) is 1. The van der Waals surface area contributed by atoms with Crippen molar-refractivity contribution < 1.29 is 4.79 Å². The molecule has 0 fully saturated rings. The van der Waals surface area contributed by atoms with E-state index in [1.165, 1.54) is 0 Å². The van der Waals surface area contributed by atoms with Crippen LogP contribution in [0, 0.1) is 6.92 Å². The van der Waals surface area contributed by atoms with Crippen LogP contribution in [0.4, 0.5) is 5.69 Å². The predicted octanol–water partition coefficient (Wildman–Crippen LogP) is 2.46. The van der Waals surface area contributed by atoms with Gasteiger partial charge in [0.2, 0.25) is 0 Å². The number of aromatic nitrogens is 1. The average molecular weight is 255 g/mol. The van der Waals surface area contributed by atoms with E-state index in [-0.39, 0.29) is 11.9 Å². The number of carbonyl (C=O) groups is 1. The van der Waals surface area contributed by atoms with E-state index in [4.69, 9.17) is 5.73 Å². The number of hydrogen-bond donors (Lipinski definition) is 2. The molecule has 2 aromatic rings. The van der Waals surface area contributed by atoms with Crippen molar-refractivity contribution in [3.63, 3.8) is 0 Å². The van der Waals surface area contributed by atoms with Gasteiger partial charge in [-0.3, -0.25) is 9.78 Å². The van der Waals surface area contributed by atoms with Crippen molar-refractivity contribution in [2.24, 2.45) is 0 Å². The number of nitrogens with zero attached hydrogens (tertiary/aromatic N) is 1. The number of nitrogen functional groups attached to an aromatic ring is 1. The highest BCUT2D eigenvalue weighted by Crippen LogP contribution is 2.18. The molecule has 0 radical (unpaired) electrons. The van der Waals surface area contributed by atoms with Gasteiger partial charge in [0.15, 0.2) is 0 Å². The third-order valence-electron chi connectivity index (χ3n) is 3.09. The van der Waals surface area contributed by atoms with Crippen LogP contribution in [0.25, 0.3) is 0 Å². The monoisotopic (exact) mass is 255 g/mol. The molecule has 0 saturated carbocycles. The van der Waals surface area contributed by atoms with Crippen LogP contribution in [-0.4, -0.2) is 10.9 Å². The van der Waals surface area contributed by atoms with Gasteiger partial charge >= 0.3 is 0 Å². The van der Waals surface area contributed by atoms with Crippen LogP contribution in [-0.2, 0) is 0 Å². The Bertz CT molecular complexity index is 561. The first-order valence-electron chi connectivity index (χ1n) is 6.15. The Balaban J connectivity index is 2.18. The maximum Gasteiger partial charge on any atom is 0.254 e. The van der Waals surface area contributed by atoms with E-state index < -0.39 is 0 Å². The summed E-state index contributed by atoms with van der Waals surface area (Å²) in [5.41, 5.74) is 8.79. The molecule has 19 heavy (non-hydrogen) atoms. The van der Waals surface area contributed by atoms with E-state index in [1.807, 2.05) is 38.1 Å². The molecule has 1 amide bonds. The van der Waals surface area contributed by atoms with Crippen LogP contribution in [0.5, 0.6) is 0 Å². The number of carbonyl (C=O) groups excluding carboxylic acids is 1. The highest BCUT2D eigenvalue weighted by molar-refractivity contribution is 6.00. The molecule has 1 aromatic carbocycles. The summed E-state index contributed by atoms with van der Waals surface area (Å²) in [6.45, 7) is 3.81. The topological polar surface area (TPSA) is 68.0 Å². The van der Waals surface area contributed by atoms with Crippen molar-refractivity contribution in [2.75, 3.05) is 5.73 Å². The summed E-state index contributed by atoms with van der Waals surface area (Å²) < 4.78 is 0. The average Bonchev–Trinajstić information content (AvgIpc) is 2.39. The van der Waals surface area contributed by atoms with Crippen molar-refractivity contribution in [3.05, 3.63) is 59.4 Å². The van der Waals surface area contributed by atoms with Crippen LogP contribution >= 0.6 is 0 Å². The Morgan fingerprint density at radius 2 is 1.95 bits per heavy atom. The van der Waals surface area contributed by atoms with E-state index in [1.54, 1.807) is 18.5 Å². The lowest BCUT2D eigenvalue weighted by Gasteiger charge is -2.16. The van der Waals surface area contributed by atoms with Crippen molar-refractivity contribution in [1.29, 1.82) is 0 Å². The van der Waals surface area contributed by atoms with Gasteiger partial charge in [0.05, 0.1) is 11.6 Å². The summed E-state index contributed by atoms with van der Waals surface area (Å²) in [5.74, 6) is -0.153. The van der Waals surface area contributed by atoms with Crippen molar-refractivity contribution in [3.8, 4) is 0 Å². The molecule has 98 valence electrons. The predicted molar refractivity (Wildman–Crippen MR) is 75.7 cm³/mol. The second-order valence-electron chi connectivity index (χ2n) is 4.51. The third-order valence-corrected chi connectivity index (χ3v) is 3.09. The van der Waals surface area contributed by atoms with Crippen LogP contribution in [0.15, 0.2) is 42.7 Å².